The van der Waals surface area contributed by atoms with Crippen molar-refractivity contribution in [3.8, 4) is 11.3 Å². The summed E-state index contributed by atoms with van der Waals surface area (Å²) in [7, 11) is 1.32. The van der Waals surface area contributed by atoms with Crippen molar-refractivity contribution in [3.63, 3.8) is 0 Å². The van der Waals surface area contributed by atoms with Crippen molar-refractivity contribution in [2.24, 2.45) is 0 Å². The van der Waals surface area contributed by atoms with Gasteiger partial charge in [0.05, 0.1) is 41.6 Å². The number of anilines is 2. The maximum atomic E-state index is 12.7. The number of morpholine rings is 1. The lowest BCUT2D eigenvalue weighted by Crippen LogP contribution is -2.37. The van der Waals surface area contributed by atoms with Crippen LogP contribution in [0.1, 0.15) is 20.9 Å². The summed E-state index contributed by atoms with van der Waals surface area (Å²) in [6, 6.07) is 13.5. The lowest BCUT2D eigenvalue weighted by atomic mass is 10.1. The Bertz CT molecular complexity index is 1160. The van der Waals surface area contributed by atoms with Crippen molar-refractivity contribution in [1.82, 2.24) is 0 Å². The van der Waals surface area contributed by atoms with Gasteiger partial charge in [-0.15, -0.1) is 0 Å². The van der Waals surface area contributed by atoms with Gasteiger partial charge < -0.3 is 24.1 Å². The molecule has 4 rings (SSSR count). The molecule has 1 saturated heterocycles. The first kappa shape index (κ1) is 22.2. The first-order valence-electron chi connectivity index (χ1n) is 9.88. The molecule has 0 atom stereocenters. The molecular weight excluding hydrogens is 455 g/mol. The Hall–Kier alpha value is -3.00. The number of rotatable bonds is 5. The molecular formula is C23H20Cl2N2O5. The van der Waals surface area contributed by atoms with E-state index in [0.717, 1.165) is 5.69 Å². The first-order valence-corrected chi connectivity index (χ1v) is 10.6. The molecule has 0 radical (unpaired) electrons. The minimum atomic E-state index is -0.488. The van der Waals surface area contributed by atoms with Crippen LogP contribution in [0.25, 0.3) is 11.3 Å². The molecule has 1 aliphatic heterocycles. The Balaban J connectivity index is 1.56. The Kier molecular flexibility index (Phi) is 6.69. The van der Waals surface area contributed by atoms with Crippen LogP contribution < -0.4 is 10.2 Å². The summed E-state index contributed by atoms with van der Waals surface area (Å²) in [6.45, 7) is 2.49. The molecule has 0 bridgehead atoms. The number of hydrogen-bond donors (Lipinski definition) is 1. The number of methoxy groups -OCH3 is 1. The Morgan fingerprint density at radius 1 is 1.06 bits per heavy atom. The van der Waals surface area contributed by atoms with Crippen LogP contribution in [-0.2, 0) is 9.47 Å². The highest BCUT2D eigenvalue weighted by Gasteiger charge is 2.21. The molecule has 0 spiro atoms. The van der Waals surface area contributed by atoms with Crippen molar-refractivity contribution in [3.05, 3.63) is 69.9 Å². The SMILES string of the molecule is COC(=O)c1cc(NC(=O)c2ccc(-c3cccc(Cl)c3Cl)o2)ccc1N1CCOCC1. The summed E-state index contributed by atoms with van der Waals surface area (Å²) in [5.41, 5.74) is 2.11. The zero-order valence-corrected chi connectivity index (χ0v) is 18.7. The third-order valence-corrected chi connectivity index (χ3v) is 5.88. The number of furan rings is 1. The second kappa shape index (κ2) is 9.65. The number of halogens is 2. The van der Waals surface area contributed by atoms with Gasteiger partial charge in [-0.05, 0) is 42.5 Å². The van der Waals surface area contributed by atoms with Gasteiger partial charge in [0.25, 0.3) is 5.91 Å². The summed E-state index contributed by atoms with van der Waals surface area (Å²) in [5.74, 6) is -0.448. The molecule has 0 aliphatic carbocycles. The van der Waals surface area contributed by atoms with Gasteiger partial charge in [-0.3, -0.25) is 4.79 Å². The van der Waals surface area contributed by atoms with E-state index >= 15 is 0 Å². The summed E-state index contributed by atoms with van der Waals surface area (Å²) in [6.07, 6.45) is 0. The summed E-state index contributed by atoms with van der Waals surface area (Å²) < 4.78 is 16.0. The highest BCUT2D eigenvalue weighted by atomic mass is 35.5. The maximum Gasteiger partial charge on any atom is 0.340 e. The number of nitrogens with zero attached hydrogens (tertiary/aromatic N) is 1. The zero-order valence-electron chi connectivity index (χ0n) is 17.2. The smallest absolute Gasteiger partial charge is 0.340 e. The average molecular weight is 475 g/mol. The number of benzene rings is 2. The second-order valence-corrected chi connectivity index (χ2v) is 7.83. The first-order chi connectivity index (χ1) is 15.5. The molecule has 0 saturated carbocycles. The van der Waals surface area contributed by atoms with Crippen LogP contribution in [0.3, 0.4) is 0 Å². The number of nitrogens with one attached hydrogen (secondary N) is 1. The third-order valence-electron chi connectivity index (χ3n) is 5.06. The minimum absolute atomic E-state index is 0.0907. The number of amides is 1. The van der Waals surface area contributed by atoms with Crippen molar-refractivity contribution in [2.75, 3.05) is 43.6 Å². The lowest BCUT2D eigenvalue weighted by Gasteiger charge is -2.30. The Morgan fingerprint density at radius 3 is 2.59 bits per heavy atom. The van der Waals surface area contributed by atoms with E-state index in [4.69, 9.17) is 37.1 Å². The summed E-state index contributed by atoms with van der Waals surface area (Å²) >= 11 is 12.3. The van der Waals surface area contributed by atoms with Gasteiger partial charge in [0.1, 0.15) is 5.76 Å². The maximum absolute atomic E-state index is 12.7. The van der Waals surface area contributed by atoms with Crippen LogP contribution in [0.2, 0.25) is 10.0 Å². The number of carbonyl (C=O) groups excluding carboxylic acids is 2. The number of ether oxygens (including phenoxy) is 2. The number of hydrogen-bond acceptors (Lipinski definition) is 6. The van der Waals surface area contributed by atoms with Crippen molar-refractivity contribution >= 4 is 46.5 Å². The van der Waals surface area contributed by atoms with Crippen LogP contribution >= 0.6 is 23.2 Å². The Labute approximate surface area is 194 Å². The normalized spacial score (nSPS) is 13.7. The van der Waals surface area contributed by atoms with E-state index in [2.05, 4.69) is 10.2 Å². The molecule has 9 heteroatoms. The van der Waals surface area contributed by atoms with Crippen LogP contribution in [0.4, 0.5) is 11.4 Å². The molecule has 32 heavy (non-hydrogen) atoms. The van der Waals surface area contributed by atoms with E-state index in [1.807, 2.05) is 0 Å². The van der Waals surface area contributed by atoms with E-state index in [9.17, 15) is 9.59 Å². The third kappa shape index (κ3) is 4.60. The van der Waals surface area contributed by atoms with E-state index in [0.29, 0.717) is 58.9 Å². The topological polar surface area (TPSA) is 81.0 Å². The fourth-order valence-corrected chi connectivity index (χ4v) is 3.85. The standard InChI is InChI=1S/C23H20Cl2N2O5/c1-30-23(29)16-13-14(5-6-18(16)27-9-11-31-12-10-27)26-22(28)20-8-7-19(32-20)15-3-2-4-17(24)21(15)25/h2-8,13H,9-12H2,1H3,(H,26,28). The van der Waals surface area contributed by atoms with Gasteiger partial charge >= 0.3 is 5.97 Å². The predicted octanol–water partition coefficient (Wildman–Crippen LogP) is 5.13. The predicted molar refractivity (Wildman–Crippen MR) is 123 cm³/mol. The van der Waals surface area contributed by atoms with E-state index in [1.54, 1.807) is 48.5 Å². The van der Waals surface area contributed by atoms with Crippen LogP contribution in [-0.4, -0.2) is 45.3 Å². The van der Waals surface area contributed by atoms with E-state index in [-0.39, 0.29) is 5.76 Å². The monoisotopic (exact) mass is 474 g/mol. The molecule has 2 aromatic carbocycles. The number of carbonyl (C=O) groups is 2. The lowest BCUT2D eigenvalue weighted by molar-refractivity contribution is 0.0600. The Morgan fingerprint density at radius 2 is 1.84 bits per heavy atom. The van der Waals surface area contributed by atoms with Crippen molar-refractivity contribution in [2.45, 2.75) is 0 Å². The largest absolute Gasteiger partial charge is 0.465 e. The summed E-state index contributed by atoms with van der Waals surface area (Å²) in [5, 5.41) is 3.49. The van der Waals surface area contributed by atoms with Gasteiger partial charge in [-0.25, -0.2) is 4.79 Å². The van der Waals surface area contributed by atoms with Crippen molar-refractivity contribution in [1.29, 1.82) is 0 Å². The second-order valence-electron chi connectivity index (χ2n) is 7.04. The molecule has 1 aromatic heterocycles. The average Bonchev–Trinajstić information content (AvgIpc) is 3.31. The molecule has 1 amide bonds. The van der Waals surface area contributed by atoms with Crippen LogP contribution in [0.5, 0.6) is 0 Å². The molecule has 1 aliphatic rings. The van der Waals surface area contributed by atoms with Crippen LogP contribution in [0, 0.1) is 0 Å². The molecule has 166 valence electrons. The van der Waals surface area contributed by atoms with Gasteiger partial charge in [0, 0.05) is 24.3 Å². The fourth-order valence-electron chi connectivity index (χ4n) is 3.46. The molecule has 2 heterocycles. The van der Waals surface area contributed by atoms with Gasteiger partial charge in [-0.1, -0.05) is 29.3 Å². The molecule has 7 nitrogen and oxygen atoms in total. The number of esters is 1. The van der Waals surface area contributed by atoms with Gasteiger partial charge in [0.15, 0.2) is 5.76 Å². The van der Waals surface area contributed by atoms with E-state index < -0.39 is 11.9 Å². The van der Waals surface area contributed by atoms with Gasteiger partial charge in [0.2, 0.25) is 0 Å². The summed E-state index contributed by atoms with van der Waals surface area (Å²) in [4.78, 5) is 27.2. The van der Waals surface area contributed by atoms with E-state index in [1.165, 1.54) is 7.11 Å². The quantitative estimate of drug-likeness (QED) is 0.516. The highest BCUT2D eigenvalue weighted by Crippen LogP contribution is 2.34. The van der Waals surface area contributed by atoms with Crippen LogP contribution in [0.15, 0.2) is 52.9 Å². The molecule has 0 unspecified atom stereocenters. The highest BCUT2D eigenvalue weighted by molar-refractivity contribution is 6.43. The zero-order chi connectivity index (χ0) is 22.7. The van der Waals surface area contributed by atoms with Gasteiger partial charge in [-0.2, -0.15) is 0 Å². The van der Waals surface area contributed by atoms with Crippen molar-refractivity contribution < 1.29 is 23.5 Å². The minimum Gasteiger partial charge on any atom is -0.465 e. The molecule has 3 aromatic rings. The molecule has 1 N–H and O–H groups in total. The fraction of sp³-hybridized carbons (Fsp3) is 0.217. The molecule has 1 fully saturated rings.